The summed E-state index contributed by atoms with van der Waals surface area (Å²) in [5, 5.41) is 4.57. The number of benzene rings is 1. The monoisotopic (exact) mass is 322 g/mol. The van der Waals surface area contributed by atoms with Crippen molar-refractivity contribution in [1.82, 2.24) is 5.32 Å². The predicted molar refractivity (Wildman–Crippen MR) is 76.1 cm³/mol. The molecule has 1 rings (SSSR count). The van der Waals surface area contributed by atoms with E-state index in [0.29, 0.717) is 12.1 Å². The molecule has 1 aromatic rings. The number of nitrogens with one attached hydrogen (secondary N) is 2. The van der Waals surface area contributed by atoms with Crippen molar-refractivity contribution in [3.63, 3.8) is 0 Å². The van der Waals surface area contributed by atoms with Gasteiger partial charge in [0.1, 0.15) is 0 Å². The standard InChI is InChI=1S/C13H17F3N2O2S/c1-13(2,3)21(20)5-4-17-12(19)18-8-6-9(14)11(16)10(15)7-8/h6-7H,4-5H2,1-3H3,(H2,17,18,19)/t21-/m0/s1. The van der Waals surface area contributed by atoms with Crippen molar-refractivity contribution >= 4 is 22.5 Å². The van der Waals surface area contributed by atoms with Crippen molar-refractivity contribution < 1.29 is 22.2 Å². The Bertz CT molecular complexity index is 536. The van der Waals surface area contributed by atoms with Crippen LogP contribution >= 0.6 is 0 Å². The number of halogens is 3. The topological polar surface area (TPSA) is 58.2 Å². The maximum atomic E-state index is 13.0. The molecule has 2 amide bonds. The highest BCUT2D eigenvalue weighted by Gasteiger charge is 2.19. The number of carbonyl (C=O) groups excluding carboxylic acids is 1. The molecule has 0 saturated heterocycles. The molecule has 8 heteroatoms. The Morgan fingerprint density at radius 2 is 1.71 bits per heavy atom. The van der Waals surface area contributed by atoms with Gasteiger partial charge >= 0.3 is 6.03 Å². The summed E-state index contributed by atoms with van der Waals surface area (Å²) in [6.45, 7) is 5.58. The molecule has 0 saturated carbocycles. The van der Waals surface area contributed by atoms with Crippen molar-refractivity contribution in [3.8, 4) is 0 Å². The van der Waals surface area contributed by atoms with Crippen LogP contribution in [0.4, 0.5) is 23.7 Å². The molecule has 0 radical (unpaired) electrons. The van der Waals surface area contributed by atoms with E-state index in [4.69, 9.17) is 0 Å². The van der Waals surface area contributed by atoms with E-state index in [0.717, 1.165) is 0 Å². The van der Waals surface area contributed by atoms with Gasteiger partial charge < -0.3 is 10.6 Å². The molecule has 0 bridgehead atoms. The predicted octanol–water partition coefficient (Wildman–Crippen LogP) is 2.77. The van der Waals surface area contributed by atoms with Crippen LogP contribution in [-0.2, 0) is 10.8 Å². The molecule has 0 spiro atoms. The molecule has 4 nitrogen and oxygen atoms in total. The van der Waals surface area contributed by atoms with E-state index in [1.54, 1.807) is 0 Å². The molecule has 0 aliphatic heterocycles. The molecular weight excluding hydrogens is 305 g/mol. The van der Waals surface area contributed by atoms with Gasteiger partial charge in [-0.3, -0.25) is 4.21 Å². The highest BCUT2D eigenvalue weighted by molar-refractivity contribution is 7.86. The highest BCUT2D eigenvalue weighted by Crippen LogP contribution is 2.17. The molecule has 0 fully saturated rings. The Labute approximate surface area is 123 Å². The second-order valence-electron chi connectivity index (χ2n) is 5.30. The molecule has 118 valence electrons. The lowest BCUT2D eigenvalue weighted by Gasteiger charge is -2.17. The Morgan fingerprint density at radius 1 is 1.19 bits per heavy atom. The summed E-state index contributed by atoms with van der Waals surface area (Å²) < 4.78 is 50.0. The third-order valence-corrected chi connectivity index (χ3v) is 4.44. The first-order valence-corrected chi connectivity index (χ1v) is 7.51. The van der Waals surface area contributed by atoms with Crippen molar-refractivity contribution in [3.05, 3.63) is 29.6 Å². The second-order valence-corrected chi connectivity index (χ2v) is 7.62. The highest BCUT2D eigenvalue weighted by atomic mass is 32.2. The van der Waals surface area contributed by atoms with Crippen LogP contribution < -0.4 is 10.6 Å². The minimum Gasteiger partial charge on any atom is -0.337 e. The average Bonchev–Trinajstić information content (AvgIpc) is 2.34. The zero-order chi connectivity index (χ0) is 16.2. The van der Waals surface area contributed by atoms with E-state index in [-0.39, 0.29) is 22.7 Å². The normalized spacial score (nSPS) is 12.9. The van der Waals surface area contributed by atoms with E-state index < -0.39 is 34.3 Å². The van der Waals surface area contributed by atoms with E-state index in [1.807, 2.05) is 20.8 Å². The van der Waals surface area contributed by atoms with Crippen LogP contribution in [0.3, 0.4) is 0 Å². The quantitative estimate of drug-likeness (QED) is 0.838. The van der Waals surface area contributed by atoms with E-state index in [2.05, 4.69) is 10.6 Å². The lowest BCUT2D eigenvalue weighted by atomic mass is 10.3. The first-order valence-electron chi connectivity index (χ1n) is 6.19. The second kappa shape index (κ2) is 6.93. The van der Waals surface area contributed by atoms with Gasteiger partial charge in [0.15, 0.2) is 17.5 Å². The Hall–Kier alpha value is -1.57. The third kappa shape index (κ3) is 5.37. The van der Waals surface area contributed by atoms with Crippen LogP contribution in [0, 0.1) is 17.5 Å². The maximum Gasteiger partial charge on any atom is 0.319 e. The van der Waals surface area contributed by atoms with Crippen molar-refractivity contribution in [2.75, 3.05) is 17.6 Å². The summed E-state index contributed by atoms with van der Waals surface area (Å²) in [6, 6.07) is 0.627. The van der Waals surface area contributed by atoms with Gasteiger partial charge in [-0.25, -0.2) is 18.0 Å². The summed E-state index contributed by atoms with van der Waals surface area (Å²) in [4.78, 5) is 11.5. The summed E-state index contributed by atoms with van der Waals surface area (Å²) in [7, 11) is -1.12. The number of hydrogen-bond acceptors (Lipinski definition) is 2. The Kier molecular flexibility index (Phi) is 5.77. The SMILES string of the molecule is CC(C)(C)[S@@](=O)CCNC(=O)Nc1cc(F)c(F)c(F)c1. The molecule has 2 N–H and O–H groups in total. The number of urea groups is 1. The van der Waals surface area contributed by atoms with Gasteiger partial charge in [0, 0.05) is 45.7 Å². The summed E-state index contributed by atoms with van der Waals surface area (Å²) in [5.41, 5.74) is -0.208. The number of rotatable bonds is 4. The van der Waals surface area contributed by atoms with Gasteiger partial charge in [-0.1, -0.05) is 0 Å². The molecule has 1 atom stereocenters. The first-order chi connectivity index (χ1) is 9.61. The molecular formula is C13H17F3N2O2S. The Morgan fingerprint density at radius 3 is 2.19 bits per heavy atom. The lowest BCUT2D eigenvalue weighted by Crippen LogP contribution is -2.35. The van der Waals surface area contributed by atoms with Crippen LogP contribution in [0.25, 0.3) is 0 Å². The molecule has 0 aliphatic rings. The van der Waals surface area contributed by atoms with Gasteiger partial charge in [0.2, 0.25) is 0 Å². The van der Waals surface area contributed by atoms with Crippen LogP contribution in [-0.4, -0.2) is 27.3 Å². The zero-order valence-corrected chi connectivity index (χ0v) is 12.7. The van der Waals surface area contributed by atoms with Crippen molar-refractivity contribution in [2.24, 2.45) is 0 Å². The minimum atomic E-state index is -1.60. The molecule has 0 heterocycles. The van der Waals surface area contributed by atoms with Gasteiger partial charge in [0.25, 0.3) is 0 Å². The fourth-order valence-electron chi connectivity index (χ4n) is 1.37. The van der Waals surface area contributed by atoms with Crippen LogP contribution in [0.5, 0.6) is 0 Å². The molecule has 0 aliphatic carbocycles. The summed E-state index contributed by atoms with van der Waals surface area (Å²) in [5.74, 6) is -4.12. The van der Waals surface area contributed by atoms with Crippen LogP contribution in [0.2, 0.25) is 0 Å². The maximum absolute atomic E-state index is 13.0. The first kappa shape index (κ1) is 17.5. The van der Waals surface area contributed by atoms with Gasteiger partial charge in [-0.2, -0.15) is 0 Å². The summed E-state index contributed by atoms with van der Waals surface area (Å²) in [6.07, 6.45) is 0. The fraction of sp³-hybridized carbons (Fsp3) is 0.462. The van der Waals surface area contributed by atoms with Crippen molar-refractivity contribution in [2.45, 2.75) is 25.5 Å². The summed E-state index contributed by atoms with van der Waals surface area (Å²) >= 11 is 0. The smallest absolute Gasteiger partial charge is 0.319 e. The van der Waals surface area contributed by atoms with Gasteiger partial charge in [0.05, 0.1) is 0 Å². The van der Waals surface area contributed by atoms with E-state index in [1.165, 1.54) is 0 Å². The van der Waals surface area contributed by atoms with Crippen LogP contribution in [0.15, 0.2) is 12.1 Å². The molecule has 0 aromatic heterocycles. The average molecular weight is 322 g/mol. The van der Waals surface area contributed by atoms with Crippen LogP contribution in [0.1, 0.15) is 20.8 Å². The van der Waals surface area contributed by atoms with Gasteiger partial charge in [-0.05, 0) is 20.8 Å². The molecule has 21 heavy (non-hydrogen) atoms. The number of carbonyl (C=O) groups is 1. The van der Waals surface area contributed by atoms with E-state index >= 15 is 0 Å². The zero-order valence-electron chi connectivity index (χ0n) is 11.9. The third-order valence-electron chi connectivity index (χ3n) is 2.50. The minimum absolute atomic E-state index is 0.141. The fourth-order valence-corrected chi connectivity index (χ4v) is 2.27. The molecule has 1 aromatic carbocycles. The number of anilines is 1. The number of amides is 2. The largest absolute Gasteiger partial charge is 0.337 e. The lowest BCUT2D eigenvalue weighted by molar-refractivity contribution is 0.252. The molecule has 0 unspecified atom stereocenters. The van der Waals surface area contributed by atoms with Crippen molar-refractivity contribution in [1.29, 1.82) is 0 Å². The Balaban J connectivity index is 2.50. The van der Waals surface area contributed by atoms with E-state index in [9.17, 15) is 22.2 Å². The van der Waals surface area contributed by atoms with Gasteiger partial charge in [-0.15, -0.1) is 0 Å². The number of hydrogen-bond donors (Lipinski definition) is 2.